The van der Waals surface area contributed by atoms with E-state index in [1.165, 1.54) is 0 Å². The highest BCUT2D eigenvalue weighted by molar-refractivity contribution is 7.98. The zero-order valence-electron chi connectivity index (χ0n) is 14.5. The van der Waals surface area contributed by atoms with Crippen LogP contribution in [0.3, 0.4) is 0 Å². The summed E-state index contributed by atoms with van der Waals surface area (Å²) in [7, 11) is 1.67. The SMILES string of the molecule is COc1ccc(-c2nc(CSc3nc(C)nc4ccccc34)cs2)cc1. The normalized spacial score (nSPS) is 11.0. The van der Waals surface area contributed by atoms with Crippen LogP contribution in [-0.2, 0) is 5.75 Å². The zero-order valence-corrected chi connectivity index (χ0v) is 16.1. The monoisotopic (exact) mass is 379 g/mol. The quantitative estimate of drug-likeness (QED) is 0.345. The van der Waals surface area contributed by atoms with Crippen LogP contribution in [0.2, 0.25) is 0 Å². The van der Waals surface area contributed by atoms with Gasteiger partial charge in [-0.2, -0.15) is 0 Å². The maximum atomic E-state index is 5.21. The van der Waals surface area contributed by atoms with E-state index in [2.05, 4.69) is 21.4 Å². The Morgan fingerprint density at radius 1 is 1.00 bits per heavy atom. The summed E-state index contributed by atoms with van der Waals surface area (Å²) in [5, 5.41) is 5.23. The van der Waals surface area contributed by atoms with Crippen LogP contribution < -0.4 is 4.74 Å². The summed E-state index contributed by atoms with van der Waals surface area (Å²) in [6.07, 6.45) is 0. The molecule has 0 amide bonds. The van der Waals surface area contributed by atoms with Crippen molar-refractivity contribution in [3.63, 3.8) is 0 Å². The smallest absolute Gasteiger partial charge is 0.127 e. The topological polar surface area (TPSA) is 47.9 Å². The maximum absolute atomic E-state index is 5.21. The molecule has 2 heterocycles. The molecular weight excluding hydrogens is 362 g/mol. The summed E-state index contributed by atoms with van der Waals surface area (Å²) >= 11 is 3.36. The molecule has 2 aromatic heterocycles. The molecule has 0 saturated heterocycles. The van der Waals surface area contributed by atoms with E-state index in [0.29, 0.717) is 0 Å². The number of ether oxygens (including phenoxy) is 1. The highest BCUT2D eigenvalue weighted by Crippen LogP contribution is 2.31. The maximum Gasteiger partial charge on any atom is 0.127 e. The Hall–Kier alpha value is -2.44. The average molecular weight is 380 g/mol. The molecule has 2 aromatic carbocycles. The highest BCUT2D eigenvalue weighted by Gasteiger charge is 2.09. The van der Waals surface area contributed by atoms with Gasteiger partial charge in [-0.05, 0) is 37.3 Å². The first kappa shape index (κ1) is 17.0. The fourth-order valence-electron chi connectivity index (χ4n) is 2.65. The van der Waals surface area contributed by atoms with Gasteiger partial charge in [0.1, 0.15) is 21.6 Å². The molecule has 0 aliphatic carbocycles. The summed E-state index contributed by atoms with van der Waals surface area (Å²) < 4.78 is 5.21. The Kier molecular flexibility index (Phi) is 4.86. The van der Waals surface area contributed by atoms with Gasteiger partial charge in [0, 0.05) is 22.1 Å². The van der Waals surface area contributed by atoms with Gasteiger partial charge in [-0.15, -0.1) is 11.3 Å². The molecule has 0 spiro atoms. The molecule has 4 nitrogen and oxygen atoms in total. The van der Waals surface area contributed by atoms with Gasteiger partial charge in [0.15, 0.2) is 0 Å². The Morgan fingerprint density at radius 3 is 2.62 bits per heavy atom. The van der Waals surface area contributed by atoms with Crippen molar-refractivity contribution in [3.8, 4) is 16.3 Å². The van der Waals surface area contributed by atoms with E-state index in [-0.39, 0.29) is 0 Å². The van der Waals surface area contributed by atoms with Crippen LogP contribution in [0.4, 0.5) is 0 Å². The largest absolute Gasteiger partial charge is 0.497 e. The van der Waals surface area contributed by atoms with Gasteiger partial charge in [0.05, 0.1) is 18.3 Å². The predicted octanol–water partition coefficient (Wildman–Crippen LogP) is 5.36. The van der Waals surface area contributed by atoms with Crippen molar-refractivity contribution < 1.29 is 4.74 Å². The molecule has 6 heteroatoms. The molecule has 0 unspecified atom stereocenters. The summed E-state index contributed by atoms with van der Waals surface area (Å²) in [4.78, 5) is 13.9. The molecule has 0 radical (unpaired) electrons. The summed E-state index contributed by atoms with van der Waals surface area (Å²) in [5.74, 6) is 2.43. The third-order valence-electron chi connectivity index (χ3n) is 3.93. The molecule has 0 aliphatic heterocycles. The van der Waals surface area contributed by atoms with Crippen LogP contribution in [-0.4, -0.2) is 22.1 Å². The number of fused-ring (bicyclic) bond motifs is 1. The van der Waals surface area contributed by atoms with E-state index in [4.69, 9.17) is 9.72 Å². The minimum atomic E-state index is 0.785. The third-order valence-corrected chi connectivity index (χ3v) is 5.89. The number of thiazole rings is 1. The molecule has 4 aromatic rings. The van der Waals surface area contributed by atoms with Crippen LogP contribution in [0.1, 0.15) is 11.5 Å². The standard InChI is InChI=1S/C20H17N3OS2/c1-13-21-18-6-4-3-5-17(18)20(22-13)26-12-15-11-25-19(23-15)14-7-9-16(24-2)10-8-14/h3-11H,12H2,1-2H3. The minimum Gasteiger partial charge on any atom is -0.497 e. The van der Waals surface area contributed by atoms with Crippen molar-refractivity contribution in [1.29, 1.82) is 0 Å². The van der Waals surface area contributed by atoms with Gasteiger partial charge in [-0.3, -0.25) is 0 Å². The molecule has 26 heavy (non-hydrogen) atoms. The number of hydrogen-bond acceptors (Lipinski definition) is 6. The summed E-state index contributed by atoms with van der Waals surface area (Å²) in [6, 6.07) is 16.1. The average Bonchev–Trinajstić information content (AvgIpc) is 3.15. The lowest BCUT2D eigenvalue weighted by Gasteiger charge is -2.05. The number of methoxy groups -OCH3 is 1. The number of thioether (sulfide) groups is 1. The van der Waals surface area contributed by atoms with E-state index in [9.17, 15) is 0 Å². The fourth-order valence-corrected chi connectivity index (χ4v) is 4.54. The first-order chi connectivity index (χ1) is 12.7. The van der Waals surface area contributed by atoms with Gasteiger partial charge in [-0.25, -0.2) is 15.0 Å². The van der Waals surface area contributed by atoms with Gasteiger partial charge in [0.25, 0.3) is 0 Å². The number of aryl methyl sites for hydroxylation is 1. The van der Waals surface area contributed by atoms with Crippen LogP contribution >= 0.6 is 23.1 Å². The lowest BCUT2D eigenvalue weighted by molar-refractivity contribution is 0.415. The lowest BCUT2D eigenvalue weighted by Crippen LogP contribution is -1.93. The number of benzene rings is 2. The molecule has 0 saturated carbocycles. The predicted molar refractivity (Wildman–Crippen MR) is 108 cm³/mol. The molecule has 0 bridgehead atoms. The van der Waals surface area contributed by atoms with E-state index >= 15 is 0 Å². The van der Waals surface area contributed by atoms with Gasteiger partial charge in [-0.1, -0.05) is 30.0 Å². The summed E-state index contributed by atoms with van der Waals surface area (Å²) in [6.45, 7) is 1.93. The van der Waals surface area contributed by atoms with Crippen molar-refractivity contribution in [2.75, 3.05) is 7.11 Å². The van der Waals surface area contributed by atoms with Crippen molar-refractivity contribution in [3.05, 3.63) is 65.4 Å². The number of nitrogens with zero attached hydrogens (tertiary/aromatic N) is 3. The number of para-hydroxylation sites is 1. The molecule has 0 N–H and O–H groups in total. The Labute approximate surface area is 160 Å². The zero-order chi connectivity index (χ0) is 17.9. The number of hydrogen-bond donors (Lipinski definition) is 0. The van der Waals surface area contributed by atoms with Gasteiger partial charge < -0.3 is 4.74 Å². The molecular formula is C20H17N3OS2. The van der Waals surface area contributed by atoms with Crippen LogP contribution in [0.15, 0.2) is 58.9 Å². The number of aromatic nitrogens is 3. The minimum absolute atomic E-state index is 0.785. The fraction of sp³-hybridized carbons (Fsp3) is 0.150. The Bertz CT molecular complexity index is 1040. The summed E-state index contributed by atoms with van der Waals surface area (Å²) in [5.41, 5.74) is 3.15. The van der Waals surface area contributed by atoms with Crippen molar-refractivity contribution >= 4 is 34.0 Å². The molecule has 4 rings (SSSR count). The van der Waals surface area contributed by atoms with Crippen molar-refractivity contribution in [2.45, 2.75) is 17.7 Å². The van der Waals surface area contributed by atoms with Gasteiger partial charge >= 0.3 is 0 Å². The highest BCUT2D eigenvalue weighted by atomic mass is 32.2. The van der Waals surface area contributed by atoms with E-state index in [0.717, 1.165) is 49.5 Å². The van der Waals surface area contributed by atoms with E-state index in [1.807, 2.05) is 49.4 Å². The van der Waals surface area contributed by atoms with E-state index in [1.54, 1.807) is 30.2 Å². The van der Waals surface area contributed by atoms with Crippen LogP contribution in [0.5, 0.6) is 5.75 Å². The van der Waals surface area contributed by atoms with Crippen LogP contribution in [0.25, 0.3) is 21.5 Å². The lowest BCUT2D eigenvalue weighted by atomic mass is 10.2. The number of rotatable bonds is 5. The molecule has 0 atom stereocenters. The van der Waals surface area contributed by atoms with Crippen molar-refractivity contribution in [2.24, 2.45) is 0 Å². The second-order valence-corrected chi connectivity index (χ2v) is 7.58. The molecule has 0 aliphatic rings. The second-order valence-electron chi connectivity index (χ2n) is 5.75. The first-order valence-corrected chi connectivity index (χ1v) is 10.0. The second kappa shape index (κ2) is 7.43. The third kappa shape index (κ3) is 3.57. The van der Waals surface area contributed by atoms with E-state index < -0.39 is 0 Å². The van der Waals surface area contributed by atoms with Gasteiger partial charge in [0.2, 0.25) is 0 Å². The Morgan fingerprint density at radius 2 is 1.81 bits per heavy atom. The molecule has 0 fully saturated rings. The van der Waals surface area contributed by atoms with Crippen molar-refractivity contribution in [1.82, 2.24) is 15.0 Å². The first-order valence-electron chi connectivity index (χ1n) is 8.18. The Balaban J connectivity index is 1.53. The molecule has 130 valence electrons. The van der Waals surface area contributed by atoms with Crippen LogP contribution in [0, 0.1) is 6.92 Å².